The van der Waals surface area contributed by atoms with Gasteiger partial charge in [-0.1, -0.05) is 12.1 Å². The van der Waals surface area contributed by atoms with Gasteiger partial charge >= 0.3 is 0 Å². The van der Waals surface area contributed by atoms with E-state index in [-0.39, 0.29) is 0 Å². The first-order chi connectivity index (χ1) is 9.34. The molecule has 1 fully saturated rings. The maximum Gasteiger partial charge on any atom is 0.0469 e. The number of nitrogens with zero attached hydrogens (tertiary/aromatic N) is 1. The van der Waals surface area contributed by atoms with Crippen molar-refractivity contribution in [1.29, 1.82) is 0 Å². The van der Waals surface area contributed by atoms with Gasteiger partial charge in [0.25, 0.3) is 0 Å². The molecule has 104 valence electrons. The smallest absolute Gasteiger partial charge is 0.0469 e. The fraction of sp³-hybridized carbons (Fsp3) is 0.625. The summed E-state index contributed by atoms with van der Waals surface area (Å²) in [7, 11) is 2.24. The van der Waals surface area contributed by atoms with E-state index in [1.54, 1.807) is 5.56 Å². The maximum atomic E-state index is 5.45. The predicted molar refractivity (Wildman–Crippen MR) is 78.7 cm³/mol. The molecular weight excluding hydrogens is 236 g/mol. The second-order valence-electron chi connectivity index (χ2n) is 5.78. The molecule has 0 amide bonds. The third-order valence-electron chi connectivity index (χ3n) is 4.40. The van der Waals surface area contributed by atoms with E-state index >= 15 is 0 Å². The number of hydrogen-bond acceptors (Lipinski definition) is 3. The highest BCUT2D eigenvalue weighted by atomic mass is 16.5. The Kier molecular flexibility index (Phi) is 4.04. The maximum absolute atomic E-state index is 5.45. The Morgan fingerprint density at radius 1 is 1.32 bits per heavy atom. The zero-order chi connectivity index (χ0) is 13.1. The van der Waals surface area contributed by atoms with Crippen molar-refractivity contribution in [3.63, 3.8) is 0 Å². The highest BCUT2D eigenvalue weighted by Crippen LogP contribution is 2.27. The van der Waals surface area contributed by atoms with Gasteiger partial charge < -0.3 is 15.0 Å². The summed E-state index contributed by atoms with van der Waals surface area (Å²) in [4.78, 5) is 2.46. The van der Waals surface area contributed by atoms with Crippen LogP contribution in [0.4, 0.5) is 5.69 Å². The molecule has 1 aromatic carbocycles. The van der Waals surface area contributed by atoms with Gasteiger partial charge in [0.05, 0.1) is 0 Å². The summed E-state index contributed by atoms with van der Waals surface area (Å²) in [6.07, 6.45) is 3.57. The summed E-state index contributed by atoms with van der Waals surface area (Å²) < 4.78 is 5.45. The summed E-state index contributed by atoms with van der Waals surface area (Å²) in [6.45, 7) is 5.17. The van der Waals surface area contributed by atoms with Crippen molar-refractivity contribution in [3.05, 3.63) is 29.3 Å². The van der Waals surface area contributed by atoms with Crippen LogP contribution in [0.25, 0.3) is 0 Å². The molecule has 0 bridgehead atoms. The molecule has 3 heteroatoms. The number of nitrogens with one attached hydrogen (secondary N) is 1. The fourth-order valence-corrected chi connectivity index (χ4v) is 3.28. The van der Waals surface area contributed by atoms with Crippen LogP contribution in [0, 0.1) is 5.92 Å². The average Bonchev–Trinajstić information content (AvgIpc) is 2.47. The number of fused-ring (bicyclic) bond motifs is 1. The Morgan fingerprint density at radius 2 is 2.16 bits per heavy atom. The number of anilines is 1. The van der Waals surface area contributed by atoms with Gasteiger partial charge in [0.1, 0.15) is 0 Å². The van der Waals surface area contributed by atoms with E-state index in [1.165, 1.54) is 24.1 Å². The quantitative estimate of drug-likeness (QED) is 0.901. The third kappa shape index (κ3) is 2.93. The van der Waals surface area contributed by atoms with Crippen LogP contribution in [-0.4, -0.2) is 33.4 Å². The lowest BCUT2D eigenvalue weighted by Gasteiger charge is -2.31. The fourth-order valence-electron chi connectivity index (χ4n) is 3.28. The van der Waals surface area contributed by atoms with Crippen molar-refractivity contribution in [2.45, 2.75) is 25.8 Å². The number of ether oxygens (including phenoxy) is 1. The highest BCUT2D eigenvalue weighted by Gasteiger charge is 2.19. The molecule has 1 saturated heterocycles. The van der Waals surface area contributed by atoms with Crippen molar-refractivity contribution in [1.82, 2.24) is 5.32 Å². The molecule has 1 N–H and O–H groups in total. The Morgan fingerprint density at radius 3 is 3.00 bits per heavy atom. The minimum Gasteiger partial charge on any atom is -0.381 e. The van der Waals surface area contributed by atoms with E-state index in [1.807, 2.05) is 0 Å². The van der Waals surface area contributed by atoms with E-state index in [9.17, 15) is 0 Å². The Bertz CT molecular complexity index is 427. The van der Waals surface area contributed by atoms with Crippen molar-refractivity contribution in [2.75, 3.05) is 38.3 Å². The van der Waals surface area contributed by atoms with Gasteiger partial charge in [-0.2, -0.15) is 0 Å². The van der Waals surface area contributed by atoms with Gasteiger partial charge in [0.2, 0.25) is 0 Å². The molecule has 2 heterocycles. The normalized spacial score (nSPS) is 20.1. The zero-order valence-electron chi connectivity index (χ0n) is 11.8. The first kappa shape index (κ1) is 12.9. The first-order valence-electron chi connectivity index (χ1n) is 7.45. The SMILES string of the molecule is CN(CC1CCOCC1)c1cccc2c1CCNC2. The van der Waals surface area contributed by atoms with Crippen LogP contribution in [-0.2, 0) is 17.7 Å². The molecule has 0 atom stereocenters. The van der Waals surface area contributed by atoms with Crippen molar-refractivity contribution in [3.8, 4) is 0 Å². The molecule has 2 aliphatic rings. The van der Waals surface area contributed by atoms with Crippen LogP contribution in [0.5, 0.6) is 0 Å². The molecule has 19 heavy (non-hydrogen) atoms. The Balaban J connectivity index is 1.73. The zero-order valence-corrected chi connectivity index (χ0v) is 11.8. The van der Waals surface area contributed by atoms with Gasteiger partial charge in [-0.15, -0.1) is 0 Å². The predicted octanol–water partition coefficient (Wildman–Crippen LogP) is 2.20. The van der Waals surface area contributed by atoms with Gasteiger partial charge in [-0.3, -0.25) is 0 Å². The number of benzene rings is 1. The summed E-state index contributed by atoms with van der Waals surface area (Å²) in [5, 5.41) is 3.45. The minimum absolute atomic E-state index is 0.788. The van der Waals surface area contributed by atoms with Crippen molar-refractivity contribution < 1.29 is 4.74 Å². The largest absolute Gasteiger partial charge is 0.381 e. The highest BCUT2D eigenvalue weighted by molar-refractivity contribution is 5.57. The summed E-state index contributed by atoms with van der Waals surface area (Å²) >= 11 is 0. The molecule has 0 spiro atoms. The second-order valence-corrected chi connectivity index (χ2v) is 5.78. The lowest BCUT2D eigenvalue weighted by atomic mass is 9.96. The molecule has 0 saturated carbocycles. The van der Waals surface area contributed by atoms with Crippen LogP contribution in [0.15, 0.2) is 18.2 Å². The minimum atomic E-state index is 0.788. The third-order valence-corrected chi connectivity index (χ3v) is 4.40. The molecule has 3 rings (SSSR count). The molecule has 0 aliphatic carbocycles. The number of rotatable bonds is 3. The monoisotopic (exact) mass is 260 g/mol. The topological polar surface area (TPSA) is 24.5 Å². The van der Waals surface area contributed by atoms with Crippen LogP contribution in [0.2, 0.25) is 0 Å². The van der Waals surface area contributed by atoms with Gasteiger partial charge in [0, 0.05) is 39.0 Å². The number of hydrogen-bond donors (Lipinski definition) is 1. The van der Waals surface area contributed by atoms with E-state index in [0.29, 0.717) is 0 Å². The second kappa shape index (κ2) is 5.93. The van der Waals surface area contributed by atoms with Crippen molar-refractivity contribution in [2.24, 2.45) is 5.92 Å². The van der Waals surface area contributed by atoms with Crippen LogP contribution in [0.3, 0.4) is 0 Å². The van der Waals surface area contributed by atoms with Crippen LogP contribution in [0.1, 0.15) is 24.0 Å². The summed E-state index contributed by atoms with van der Waals surface area (Å²) in [5.74, 6) is 0.788. The van der Waals surface area contributed by atoms with Crippen molar-refractivity contribution >= 4 is 5.69 Å². The lowest BCUT2D eigenvalue weighted by Crippen LogP contribution is -2.32. The first-order valence-corrected chi connectivity index (χ1v) is 7.45. The molecule has 3 nitrogen and oxygen atoms in total. The molecule has 0 aromatic heterocycles. The standard InChI is InChI=1S/C16H24N2O/c1-18(12-13-6-9-19-10-7-13)16-4-2-3-14-11-17-8-5-15(14)16/h2-4,13,17H,5-12H2,1H3. The molecule has 0 unspecified atom stereocenters. The molecular formula is C16H24N2O. The Hall–Kier alpha value is -1.06. The van der Waals surface area contributed by atoms with Gasteiger partial charge in [0.15, 0.2) is 0 Å². The van der Waals surface area contributed by atoms with Gasteiger partial charge in [-0.05, 0) is 48.9 Å². The lowest BCUT2D eigenvalue weighted by molar-refractivity contribution is 0.0685. The Labute approximate surface area is 115 Å². The molecule has 0 radical (unpaired) electrons. The molecule has 2 aliphatic heterocycles. The summed E-state index contributed by atoms with van der Waals surface area (Å²) in [5.41, 5.74) is 4.46. The van der Waals surface area contributed by atoms with Gasteiger partial charge in [-0.25, -0.2) is 0 Å². The van der Waals surface area contributed by atoms with Crippen LogP contribution < -0.4 is 10.2 Å². The summed E-state index contributed by atoms with van der Waals surface area (Å²) in [6, 6.07) is 6.73. The van der Waals surface area contributed by atoms with E-state index in [4.69, 9.17) is 4.74 Å². The van der Waals surface area contributed by atoms with E-state index in [2.05, 4.69) is 35.5 Å². The molecule has 1 aromatic rings. The average molecular weight is 260 g/mol. The van der Waals surface area contributed by atoms with Crippen LogP contribution >= 0.6 is 0 Å². The van der Waals surface area contributed by atoms with E-state index < -0.39 is 0 Å². The van der Waals surface area contributed by atoms with E-state index in [0.717, 1.165) is 45.2 Å².